The second kappa shape index (κ2) is 4.71. The number of hydrogen-bond donors (Lipinski definition) is 3. The molecular formula is C18H15N3O2. The molecular weight excluding hydrogens is 290 g/mol. The third kappa shape index (κ3) is 1.93. The number of fused-ring (bicyclic) bond motifs is 2. The van der Waals surface area contributed by atoms with E-state index in [9.17, 15) is 9.90 Å². The topological polar surface area (TPSA) is 78.0 Å². The summed E-state index contributed by atoms with van der Waals surface area (Å²) in [5, 5.41) is 14.0. The molecule has 0 fully saturated rings. The van der Waals surface area contributed by atoms with E-state index in [0.717, 1.165) is 16.5 Å². The highest BCUT2D eigenvalue weighted by Crippen LogP contribution is 2.39. The molecule has 0 aliphatic carbocycles. The summed E-state index contributed by atoms with van der Waals surface area (Å²) >= 11 is 0. The molecule has 1 aliphatic heterocycles. The minimum atomic E-state index is -0.201. The first-order chi connectivity index (χ1) is 11.1. The lowest BCUT2D eigenvalue weighted by molar-refractivity contribution is -0.110. The van der Waals surface area contributed by atoms with Crippen molar-refractivity contribution in [3.05, 3.63) is 52.8 Å². The molecule has 3 aromatic rings. The molecule has 0 saturated carbocycles. The van der Waals surface area contributed by atoms with Gasteiger partial charge in [-0.05, 0) is 37.6 Å². The van der Waals surface area contributed by atoms with Crippen molar-refractivity contribution in [2.75, 3.05) is 5.32 Å². The van der Waals surface area contributed by atoms with Crippen molar-refractivity contribution in [3.63, 3.8) is 0 Å². The molecule has 0 atom stereocenters. The van der Waals surface area contributed by atoms with E-state index in [0.29, 0.717) is 28.2 Å². The highest BCUT2D eigenvalue weighted by Gasteiger charge is 2.29. The van der Waals surface area contributed by atoms with Crippen LogP contribution in [0.1, 0.15) is 22.4 Å². The maximum absolute atomic E-state index is 12.4. The molecule has 23 heavy (non-hydrogen) atoms. The Morgan fingerprint density at radius 2 is 2.04 bits per heavy atom. The Labute approximate surface area is 132 Å². The number of aryl methyl sites for hydroxylation is 1. The first kappa shape index (κ1) is 13.6. The standard InChI is InChI=1S/C18H15N3O2/c1-9-15-13(18(23)21-17(15)20-10(2)16(9)22)8-11-4-3-5-14-12(11)6-7-19-14/h3-8,19,22H,1-2H3,(H,20,21,23)/b13-8-. The zero-order valence-corrected chi connectivity index (χ0v) is 12.8. The third-order valence-electron chi connectivity index (χ3n) is 4.26. The van der Waals surface area contributed by atoms with Crippen LogP contribution in [0.25, 0.3) is 22.6 Å². The quantitative estimate of drug-likeness (QED) is 0.603. The minimum absolute atomic E-state index is 0.131. The van der Waals surface area contributed by atoms with Crippen LogP contribution in [0.4, 0.5) is 5.82 Å². The van der Waals surface area contributed by atoms with Crippen molar-refractivity contribution in [2.45, 2.75) is 13.8 Å². The van der Waals surface area contributed by atoms with E-state index in [1.807, 2.05) is 36.5 Å². The van der Waals surface area contributed by atoms with Crippen molar-refractivity contribution >= 4 is 34.3 Å². The molecule has 0 unspecified atom stereocenters. The van der Waals surface area contributed by atoms with Gasteiger partial charge < -0.3 is 15.4 Å². The number of rotatable bonds is 1. The molecule has 0 bridgehead atoms. The first-order valence-electron chi connectivity index (χ1n) is 7.36. The van der Waals surface area contributed by atoms with Crippen LogP contribution in [0.5, 0.6) is 5.75 Å². The van der Waals surface area contributed by atoms with E-state index in [1.54, 1.807) is 13.8 Å². The molecule has 3 N–H and O–H groups in total. The zero-order chi connectivity index (χ0) is 16.1. The van der Waals surface area contributed by atoms with Gasteiger partial charge in [0, 0.05) is 28.2 Å². The van der Waals surface area contributed by atoms with E-state index in [-0.39, 0.29) is 11.7 Å². The minimum Gasteiger partial charge on any atom is -0.506 e. The first-order valence-corrected chi connectivity index (χ1v) is 7.36. The molecule has 2 aromatic heterocycles. The average molecular weight is 305 g/mol. The Hall–Kier alpha value is -3.08. The van der Waals surface area contributed by atoms with E-state index >= 15 is 0 Å². The van der Waals surface area contributed by atoms with Crippen molar-refractivity contribution in [3.8, 4) is 5.75 Å². The number of benzene rings is 1. The number of aromatic amines is 1. The van der Waals surface area contributed by atoms with E-state index < -0.39 is 0 Å². The molecule has 1 amide bonds. The molecule has 0 spiro atoms. The van der Waals surface area contributed by atoms with Crippen LogP contribution in [-0.2, 0) is 4.79 Å². The van der Waals surface area contributed by atoms with Crippen LogP contribution in [0.3, 0.4) is 0 Å². The number of hydrogen-bond acceptors (Lipinski definition) is 3. The fourth-order valence-corrected chi connectivity index (χ4v) is 3.08. The predicted molar refractivity (Wildman–Crippen MR) is 90.2 cm³/mol. The Morgan fingerprint density at radius 3 is 2.87 bits per heavy atom. The highest BCUT2D eigenvalue weighted by atomic mass is 16.3. The van der Waals surface area contributed by atoms with Gasteiger partial charge in [0.25, 0.3) is 5.91 Å². The second-order valence-corrected chi connectivity index (χ2v) is 5.69. The van der Waals surface area contributed by atoms with Crippen LogP contribution >= 0.6 is 0 Å². The molecule has 0 saturated heterocycles. The van der Waals surface area contributed by atoms with Gasteiger partial charge in [-0.15, -0.1) is 0 Å². The molecule has 3 heterocycles. The largest absolute Gasteiger partial charge is 0.506 e. The number of aromatic hydroxyl groups is 1. The van der Waals surface area contributed by atoms with Gasteiger partial charge in [0.1, 0.15) is 11.6 Å². The summed E-state index contributed by atoms with van der Waals surface area (Å²) in [6.45, 7) is 3.52. The summed E-state index contributed by atoms with van der Waals surface area (Å²) in [7, 11) is 0. The van der Waals surface area contributed by atoms with Crippen LogP contribution < -0.4 is 5.32 Å². The molecule has 1 aliphatic rings. The predicted octanol–water partition coefficient (Wildman–Crippen LogP) is 3.38. The monoisotopic (exact) mass is 305 g/mol. The summed E-state index contributed by atoms with van der Waals surface area (Å²) in [5.74, 6) is 0.439. The Kier molecular flexibility index (Phi) is 2.78. The number of nitrogens with one attached hydrogen (secondary N) is 2. The van der Waals surface area contributed by atoms with Gasteiger partial charge in [-0.2, -0.15) is 0 Å². The van der Waals surface area contributed by atoms with Crippen molar-refractivity contribution < 1.29 is 9.90 Å². The number of amides is 1. The number of carbonyl (C=O) groups excluding carboxylic acids is 1. The Balaban J connectivity index is 1.96. The molecule has 1 aromatic carbocycles. The van der Waals surface area contributed by atoms with E-state index in [2.05, 4.69) is 15.3 Å². The smallest absolute Gasteiger partial charge is 0.257 e. The average Bonchev–Trinajstić information content (AvgIpc) is 3.11. The van der Waals surface area contributed by atoms with E-state index in [4.69, 9.17) is 0 Å². The van der Waals surface area contributed by atoms with Crippen LogP contribution in [0, 0.1) is 13.8 Å². The summed E-state index contributed by atoms with van der Waals surface area (Å²) in [4.78, 5) is 19.8. The normalized spacial score (nSPS) is 15.2. The molecule has 5 heteroatoms. The van der Waals surface area contributed by atoms with Crippen LogP contribution in [0.2, 0.25) is 0 Å². The highest BCUT2D eigenvalue weighted by molar-refractivity contribution is 6.35. The third-order valence-corrected chi connectivity index (χ3v) is 4.26. The maximum Gasteiger partial charge on any atom is 0.257 e. The number of H-pyrrole nitrogens is 1. The van der Waals surface area contributed by atoms with Crippen molar-refractivity contribution in [1.82, 2.24) is 9.97 Å². The fraction of sp³-hybridized carbons (Fsp3) is 0.111. The lowest BCUT2D eigenvalue weighted by Gasteiger charge is -2.08. The summed E-state index contributed by atoms with van der Waals surface area (Å²) in [6, 6.07) is 7.87. The fourth-order valence-electron chi connectivity index (χ4n) is 3.08. The summed E-state index contributed by atoms with van der Waals surface area (Å²) in [6.07, 6.45) is 3.72. The van der Waals surface area contributed by atoms with Gasteiger partial charge in [0.05, 0.1) is 11.3 Å². The van der Waals surface area contributed by atoms with Crippen LogP contribution in [0.15, 0.2) is 30.5 Å². The van der Waals surface area contributed by atoms with Gasteiger partial charge >= 0.3 is 0 Å². The number of pyridine rings is 1. The molecule has 114 valence electrons. The number of carbonyl (C=O) groups is 1. The van der Waals surface area contributed by atoms with Gasteiger partial charge in [-0.25, -0.2) is 4.98 Å². The van der Waals surface area contributed by atoms with Crippen molar-refractivity contribution in [1.29, 1.82) is 0 Å². The van der Waals surface area contributed by atoms with Gasteiger partial charge in [0.15, 0.2) is 0 Å². The number of nitrogens with zero attached hydrogens (tertiary/aromatic N) is 1. The summed E-state index contributed by atoms with van der Waals surface area (Å²) in [5.41, 5.74) is 4.33. The molecule has 5 nitrogen and oxygen atoms in total. The van der Waals surface area contributed by atoms with Gasteiger partial charge in [-0.3, -0.25) is 4.79 Å². The molecule has 4 rings (SSSR count). The Morgan fingerprint density at radius 1 is 1.22 bits per heavy atom. The lowest BCUT2D eigenvalue weighted by atomic mass is 9.99. The van der Waals surface area contributed by atoms with Gasteiger partial charge in [0.2, 0.25) is 0 Å². The second-order valence-electron chi connectivity index (χ2n) is 5.69. The lowest BCUT2D eigenvalue weighted by Crippen LogP contribution is -2.04. The maximum atomic E-state index is 12.4. The van der Waals surface area contributed by atoms with E-state index in [1.165, 1.54) is 0 Å². The Bertz CT molecular complexity index is 999. The SMILES string of the molecule is Cc1nc2c(c(C)c1O)/C(=C/c1cccc3[nH]ccc13)C(=O)N2. The van der Waals surface area contributed by atoms with Crippen molar-refractivity contribution in [2.24, 2.45) is 0 Å². The number of aromatic nitrogens is 2. The number of anilines is 1. The van der Waals surface area contributed by atoms with Gasteiger partial charge in [-0.1, -0.05) is 12.1 Å². The zero-order valence-electron chi connectivity index (χ0n) is 12.8. The molecule has 0 radical (unpaired) electrons. The van der Waals surface area contributed by atoms with Crippen LogP contribution in [-0.4, -0.2) is 21.0 Å². The summed E-state index contributed by atoms with van der Waals surface area (Å²) < 4.78 is 0.